The summed E-state index contributed by atoms with van der Waals surface area (Å²) < 4.78 is 5.14. The van der Waals surface area contributed by atoms with Crippen molar-refractivity contribution >= 4 is 11.6 Å². The number of methoxy groups -OCH3 is 1. The Morgan fingerprint density at radius 3 is 2.22 bits per heavy atom. The van der Waals surface area contributed by atoms with E-state index in [1.807, 2.05) is 48.5 Å². The standard InChI is InChI=1S/C17H16O/c1-3-15(16-7-5-4-6-8-16)13-14-9-11-17(18-2)12-10-14/h3-13H,1H2,2H3/b15-13-. The third-order valence-corrected chi connectivity index (χ3v) is 2.77. The van der Waals surface area contributed by atoms with E-state index < -0.39 is 0 Å². The van der Waals surface area contributed by atoms with Gasteiger partial charge in [-0.2, -0.15) is 0 Å². The number of rotatable bonds is 4. The molecule has 0 aliphatic carbocycles. The van der Waals surface area contributed by atoms with Gasteiger partial charge in [0, 0.05) is 0 Å². The molecule has 0 fully saturated rings. The predicted octanol–water partition coefficient (Wildman–Crippen LogP) is 4.42. The van der Waals surface area contributed by atoms with E-state index in [1.54, 1.807) is 7.11 Å². The minimum Gasteiger partial charge on any atom is -0.497 e. The van der Waals surface area contributed by atoms with Gasteiger partial charge in [0.25, 0.3) is 0 Å². The Balaban J connectivity index is 2.32. The lowest BCUT2D eigenvalue weighted by atomic mass is 10.0. The number of hydrogen-bond acceptors (Lipinski definition) is 1. The molecule has 0 aliphatic rings. The minimum atomic E-state index is 0.868. The summed E-state index contributed by atoms with van der Waals surface area (Å²) in [4.78, 5) is 0. The third kappa shape index (κ3) is 2.89. The van der Waals surface area contributed by atoms with Crippen molar-refractivity contribution in [2.24, 2.45) is 0 Å². The van der Waals surface area contributed by atoms with E-state index >= 15 is 0 Å². The second kappa shape index (κ2) is 5.87. The normalized spacial score (nSPS) is 11.1. The molecule has 2 aromatic carbocycles. The van der Waals surface area contributed by atoms with E-state index in [1.165, 1.54) is 5.56 Å². The number of benzene rings is 2. The van der Waals surface area contributed by atoms with Crippen LogP contribution in [0.15, 0.2) is 67.3 Å². The van der Waals surface area contributed by atoms with Crippen molar-refractivity contribution in [3.8, 4) is 5.75 Å². The zero-order chi connectivity index (χ0) is 12.8. The van der Waals surface area contributed by atoms with Crippen LogP contribution in [0.4, 0.5) is 0 Å². The van der Waals surface area contributed by atoms with Gasteiger partial charge in [-0.15, -0.1) is 0 Å². The van der Waals surface area contributed by atoms with Crippen molar-refractivity contribution in [1.29, 1.82) is 0 Å². The van der Waals surface area contributed by atoms with Crippen molar-refractivity contribution in [3.05, 3.63) is 78.4 Å². The molecule has 18 heavy (non-hydrogen) atoms. The largest absolute Gasteiger partial charge is 0.497 e. The summed E-state index contributed by atoms with van der Waals surface area (Å²) in [5.41, 5.74) is 3.42. The Hall–Kier alpha value is -2.28. The molecule has 0 saturated heterocycles. The highest BCUT2D eigenvalue weighted by Gasteiger charge is 1.97. The lowest BCUT2D eigenvalue weighted by Gasteiger charge is -2.03. The summed E-state index contributed by atoms with van der Waals surface area (Å²) in [6.07, 6.45) is 3.99. The molecule has 0 radical (unpaired) electrons. The van der Waals surface area contributed by atoms with Crippen LogP contribution in [0.2, 0.25) is 0 Å². The highest BCUT2D eigenvalue weighted by molar-refractivity contribution is 5.87. The Kier molecular flexibility index (Phi) is 3.98. The first-order chi connectivity index (χ1) is 8.83. The second-order valence-electron chi connectivity index (χ2n) is 3.94. The fourth-order valence-electron chi connectivity index (χ4n) is 1.77. The zero-order valence-corrected chi connectivity index (χ0v) is 10.5. The Bertz CT molecular complexity index is 536. The van der Waals surface area contributed by atoms with Gasteiger partial charge in [0.1, 0.15) is 5.75 Å². The van der Waals surface area contributed by atoms with E-state index in [4.69, 9.17) is 4.74 Å². The monoisotopic (exact) mass is 236 g/mol. The molecule has 1 nitrogen and oxygen atoms in total. The SMILES string of the molecule is C=C/C(=C/c1ccc(OC)cc1)c1ccccc1. The summed E-state index contributed by atoms with van der Waals surface area (Å²) in [5.74, 6) is 0.868. The Labute approximate surface area is 108 Å². The van der Waals surface area contributed by atoms with Gasteiger partial charge in [-0.25, -0.2) is 0 Å². The first-order valence-electron chi connectivity index (χ1n) is 5.87. The van der Waals surface area contributed by atoms with Gasteiger partial charge in [0.05, 0.1) is 7.11 Å². The molecular formula is C17H16O. The molecule has 0 heterocycles. The van der Waals surface area contributed by atoms with Crippen molar-refractivity contribution in [2.45, 2.75) is 0 Å². The summed E-state index contributed by atoms with van der Waals surface area (Å²) in [7, 11) is 1.67. The van der Waals surface area contributed by atoms with E-state index in [-0.39, 0.29) is 0 Å². The van der Waals surface area contributed by atoms with Crippen LogP contribution in [0.5, 0.6) is 5.75 Å². The van der Waals surface area contributed by atoms with Crippen LogP contribution in [0.3, 0.4) is 0 Å². The number of allylic oxidation sites excluding steroid dienone is 2. The van der Waals surface area contributed by atoms with Crippen LogP contribution in [0.1, 0.15) is 11.1 Å². The molecule has 0 aliphatic heterocycles. The highest BCUT2D eigenvalue weighted by Crippen LogP contribution is 2.20. The molecule has 0 aromatic heterocycles. The van der Waals surface area contributed by atoms with Crippen LogP contribution >= 0.6 is 0 Å². The summed E-state index contributed by atoms with van der Waals surface area (Å²) in [5, 5.41) is 0. The fraction of sp³-hybridized carbons (Fsp3) is 0.0588. The lowest BCUT2D eigenvalue weighted by molar-refractivity contribution is 0.415. The molecular weight excluding hydrogens is 220 g/mol. The maximum absolute atomic E-state index is 5.14. The molecule has 90 valence electrons. The predicted molar refractivity (Wildman–Crippen MR) is 77.5 cm³/mol. The van der Waals surface area contributed by atoms with E-state index in [2.05, 4.69) is 24.8 Å². The van der Waals surface area contributed by atoms with Crippen LogP contribution in [0, 0.1) is 0 Å². The van der Waals surface area contributed by atoms with E-state index in [0.29, 0.717) is 0 Å². The number of ether oxygens (including phenoxy) is 1. The minimum absolute atomic E-state index is 0.868. The summed E-state index contributed by atoms with van der Waals surface area (Å²) in [6.45, 7) is 3.87. The molecule has 2 aromatic rings. The molecule has 0 bridgehead atoms. The lowest BCUT2D eigenvalue weighted by Crippen LogP contribution is -1.83. The van der Waals surface area contributed by atoms with Crippen molar-refractivity contribution in [3.63, 3.8) is 0 Å². The van der Waals surface area contributed by atoms with Gasteiger partial charge in [-0.1, -0.05) is 55.1 Å². The van der Waals surface area contributed by atoms with Crippen molar-refractivity contribution < 1.29 is 4.74 Å². The topological polar surface area (TPSA) is 9.23 Å². The van der Waals surface area contributed by atoms with Gasteiger partial charge < -0.3 is 4.74 Å². The molecule has 0 atom stereocenters. The molecule has 0 spiro atoms. The first kappa shape index (κ1) is 12.2. The van der Waals surface area contributed by atoms with E-state index in [0.717, 1.165) is 16.9 Å². The van der Waals surface area contributed by atoms with E-state index in [9.17, 15) is 0 Å². The molecule has 0 unspecified atom stereocenters. The molecule has 1 heteroatoms. The van der Waals surface area contributed by atoms with Gasteiger partial charge in [-0.3, -0.25) is 0 Å². The molecule has 0 saturated carbocycles. The quantitative estimate of drug-likeness (QED) is 0.564. The average molecular weight is 236 g/mol. The first-order valence-corrected chi connectivity index (χ1v) is 5.87. The van der Waals surface area contributed by atoms with Crippen molar-refractivity contribution in [2.75, 3.05) is 7.11 Å². The smallest absolute Gasteiger partial charge is 0.118 e. The third-order valence-electron chi connectivity index (χ3n) is 2.77. The second-order valence-corrected chi connectivity index (χ2v) is 3.94. The average Bonchev–Trinajstić information content (AvgIpc) is 2.46. The van der Waals surface area contributed by atoms with Crippen molar-refractivity contribution in [1.82, 2.24) is 0 Å². The maximum Gasteiger partial charge on any atom is 0.118 e. The van der Waals surface area contributed by atoms with Gasteiger partial charge in [0.2, 0.25) is 0 Å². The Morgan fingerprint density at radius 2 is 1.67 bits per heavy atom. The summed E-state index contributed by atoms with van der Waals surface area (Å²) in [6, 6.07) is 18.2. The maximum atomic E-state index is 5.14. The van der Waals surface area contributed by atoms with Gasteiger partial charge in [-0.05, 0) is 34.9 Å². The Morgan fingerprint density at radius 1 is 1.00 bits per heavy atom. The molecule has 0 amide bonds. The van der Waals surface area contributed by atoms with Crippen LogP contribution in [-0.2, 0) is 0 Å². The fourth-order valence-corrected chi connectivity index (χ4v) is 1.77. The highest BCUT2D eigenvalue weighted by atomic mass is 16.5. The summed E-state index contributed by atoms with van der Waals surface area (Å²) >= 11 is 0. The van der Waals surface area contributed by atoms with Crippen LogP contribution < -0.4 is 4.74 Å². The van der Waals surface area contributed by atoms with Gasteiger partial charge in [0.15, 0.2) is 0 Å². The zero-order valence-electron chi connectivity index (χ0n) is 10.5. The molecule has 0 N–H and O–H groups in total. The van der Waals surface area contributed by atoms with Crippen LogP contribution in [0.25, 0.3) is 11.6 Å². The van der Waals surface area contributed by atoms with Gasteiger partial charge >= 0.3 is 0 Å². The van der Waals surface area contributed by atoms with Crippen LogP contribution in [-0.4, -0.2) is 7.11 Å². The number of hydrogen-bond donors (Lipinski definition) is 0. The molecule has 2 rings (SSSR count).